The number of carbonyl (C=O) groups excluding carboxylic acids is 1. The Bertz CT molecular complexity index is 1870. The highest BCUT2D eigenvalue weighted by Gasteiger charge is 2.43. The van der Waals surface area contributed by atoms with Crippen molar-refractivity contribution in [2.45, 2.75) is 19.9 Å². The number of aromatic nitrogens is 3. The van der Waals surface area contributed by atoms with E-state index >= 15 is 0 Å². The molecule has 6 rings (SSSR count). The van der Waals surface area contributed by atoms with Gasteiger partial charge >= 0.3 is 5.76 Å². The number of aryl methyl sites for hydroxylation is 1. The van der Waals surface area contributed by atoms with Gasteiger partial charge in [-0.05, 0) is 66.3 Å². The van der Waals surface area contributed by atoms with E-state index in [2.05, 4.69) is 21.4 Å². The van der Waals surface area contributed by atoms with Crippen molar-refractivity contribution in [1.29, 1.82) is 5.26 Å². The number of hydrogen-bond donors (Lipinski definition) is 2. The van der Waals surface area contributed by atoms with Gasteiger partial charge in [0.05, 0.1) is 42.8 Å². The number of hydrogen-bond acceptors (Lipinski definition) is 8. The first-order chi connectivity index (χ1) is 18.8. The number of nitrogens with two attached hydrogens (primary N) is 1. The Morgan fingerprint density at radius 1 is 1.26 bits per heavy atom. The van der Waals surface area contributed by atoms with E-state index in [0.29, 0.717) is 41.0 Å². The summed E-state index contributed by atoms with van der Waals surface area (Å²) in [5.41, 5.74) is 10.6. The number of nitriles is 1. The monoisotopic (exact) mass is 520 g/mol. The normalized spacial score (nSPS) is 16.2. The molecule has 1 amide bonds. The van der Waals surface area contributed by atoms with Gasteiger partial charge in [-0.3, -0.25) is 9.36 Å². The first-order valence-electron chi connectivity index (χ1n) is 12.4. The molecule has 1 aliphatic carbocycles. The zero-order chi connectivity index (χ0) is 27.3. The summed E-state index contributed by atoms with van der Waals surface area (Å²) in [4.78, 5) is 34.0. The Morgan fingerprint density at radius 2 is 2.05 bits per heavy atom. The van der Waals surface area contributed by atoms with Crippen LogP contribution in [-0.4, -0.2) is 27.6 Å². The van der Waals surface area contributed by atoms with Crippen LogP contribution in [0.3, 0.4) is 0 Å². The number of nitrogens with one attached hydrogen (secondary N) is 1. The Kier molecular flexibility index (Phi) is 5.76. The molecule has 3 aromatic heterocycles. The molecule has 2 atom stereocenters. The predicted molar refractivity (Wildman–Crippen MR) is 146 cm³/mol. The van der Waals surface area contributed by atoms with Gasteiger partial charge in [-0.15, -0.1) is 0 Å². The smallest absolute Gasteiger partial charge is 0.420 e. The summed E-state index contributed by atoms with van der Waals surface area (Å²) >= 11 is 0. The fraction of sp³-hybridized carbons (Fsp3) is 0.207. The molecule has 0 bridgehead atoms. The van der Waals surface area contributed by atoms with Gasteiger partial charge in [0.25, 0.3) is 0 Å². The minimum atomic E-state index is -0.455. The van der Waals surface area contributed by atoms with Crippen molar-refractivity contribution < 1.29 is 13.9 Å². The molecule has 0 saturated heterocycles. The Labute approximate surface area is 222 Å². The van der Waals surface area contributed by atoms with Gasteiger partial charge in [-0.25, -0.2) is 14.8 Å². The van der Waals surface area contributed by atoms with Gasteiger partial charge in [0.2, 0.25) is 5.91 Å². The quantitative estimate of drug-likeness (QED) is 0.337. The summed E-state index contributed by atoms with van der Waals surface area (Å²) in [6.07, 6.45) is 2.14. The molecular weight excluding hydrogens is 496 g/mol. The fourth-order valence-corrected chi connectivity index (χ4v) is 4.78. The van der Waals surface area contributed by atoms with Crippen LogP contribution < -0.4 is 21.5 Å². The highest BCUT2D eigenvalue weighted by atomic mass is 16.5. The lowest BCUT2D eigenvalue weighted by molar-refractivity contribution is -0.117. The number of anilines is 2. The molecule has 10 nitrogen and oxygen atoms in total. The Balaban J connectivity index is 1.34. The van der Waals surface area contributed by atoms with E-state index in [1.54, 1.807) is 30.0 Å². The maximum Gasteiger partial charge on any atom is 0.420 e. The summed E-state index contributed by atoms with van der Waals surface area (Å²) < 4.78 is 12.4. The number of oxazole rings is 1. The van der Waals surface area contributed by atoms with Crippen LogP contribution >= 0.6 is 0 Å². The van der Waals surface area contributed by atoms with Crippen LogP contribution in [-0.2, 0) is 11.3 Å². The summed E-state index contributed by atoms with van der Waals surface area (Å²) in [6.45, 7) is 2.29. The third kappa shape index (κ3) is 4.44. The third-order valence-corrected chi connectivity index (χ3v) is 7.08. The lowest BCUT2D eigenvalue weighted by Crippen LogP contribution is -2.15. The highest BCUT2D eigenvalue weighted by molar-refractivity contribution is 5.99. The van der Waals surface area contributed by atoms with E-state index < -0.39 is 5.76 Å². The van der Waals surface area contributed by atoms with Gasteiger partial charge in [-0.1, -0.05) is 12.1 Å². The molecule has 0 radical (unpaired) electrons. The van der Waals surface area contributed by atoms with E-state index in [1.165, 1.54) is 0 Å². The first-order valence-corrected chi connectivity index (χ1v) is 12.4. The number of rotatable bonds is 6. The van der Waals surface area contributed by atoms with Crippen LogP contribution in [0.2, 0.25) is 0 Å². The molecule has 1 saturated carbocycles. The fourth-order valence-electron chi connectivity index (χ4n) is 4.78. The van der Waals surface area contributed by atoms with E-state index in [4.69, 9.17) is 20.1 Å². The average Bonchev–Trinajstić information content (AvgIpc) is 3.67. The number of nitrogens with zero attached hydrogens (tertiary/aromatic N) is 4. The van der Waals surface area contributed by atoms with Crippen molar-refractivity contribution in [1.82, 2.24) is 14.5 Å². The molecule has 194 valence electrons. The molecule has 3 N–H and O–H groups in total. The molecule has 10 heteroatoms. The average molecular weight is 521 g/mol. The standard InChI is InChI=1S/C29H24N6O4/c1-15-7-24-25(39-29(37)35(24)14-16-3-5-19(38-2)6-4-16)11-20(15)23-9-17-10-26(32-13-22(17)27(31)33-23)34-28(36)21-8-18(21)12-30/h3-7,9-11,13,18,21H,8,14H2,1-2H3,(H2,31,33)(H,32,34,36)/t18-,21+/m0/s1. The van der Waals surface area contributed by atoms with Gasteiger partial charge in [-0.2, -0.15) is 5.26 Å². The second kappa shape index (κ2) is 9.29. The molecule has 5 aromatic rings. The van der Waals surface area contributed by atoms with Gasteiger partial charge < -0.3 is 20.2 Å². The highest BCUT2D eigenvalue weighted by Crippen LogP contribution is 2.38. The number of amides is 1. The molecular formula is C29H24N6O4. The molecule has 0 unspecified atom stereocenters. The zero-order valence-electron chi connectivity index (χ0n) is 21.3. The number of nitrogen functional groups attached to an aromatic ring is 1. The van der Waals surface area contributed by atoms with Gasteiger partial charge in [0.1, 0.15) is 17.4 Å². The molecule has 39 heavy (non-hydrogen) atoms. The lowest BCUT2D eigenvalue weighted by atomic mass is 10.0. The predicted octanol–water partition coefficient (Wildman–Crippen LogP) is 4.25. The number of benzene rings is 2. The van der Waals surface area contributed by atoms with E-state index in [0.717, 1.165) is 27.8 Å². The number of ether oxygens (including phenoxy) is 1. The van der Waals surface area contributed by atoms with Crippen molar-refractivity contribution in [3.8, 4) is 23.1 Å². The number of fused-ring (bicyclic) bond motifs is 2. The second-order valence-corrected chi connectivity index (χ2v) is 9.69. The van der Waals surface area contributed by atoms with Crippen molar-refractivity contribution in [2.24, 2.45) is 11.8 Å². The lowest BCUT2D eigenvalue weighted by Gasteiger charge is -2.11. The number of pyridine rings is 2. The summed E-state index contributed by atoms with van der Waals surface area (Å²) in [5.74, 6) is 0.202. The van der Waals surface area contributed by atoms with Crippen molar-refractivity contribution >= 4 is 39.4 Å². The molecule has 0 aliphatic heterocycles. The largest absolute Gasteiger partial charge is 0.497 e. The molecule has 3 heterocycles. The van der Waals surface area contributed by atoms with Crippen LogP contribution in [0.25, 0.3) is 33.1 Å². The Morgan fingerprint density at radius 3 is 2.77 bits per heavy atom. The molecule has 1 fully saturated rings. The van der Waals surface area contributed by atoms with Crippen LogP contribution in [0, 0.1) is 30.1 Å². The topological polar surface area (TPSA) is 149 Å². The van der Waals surface area contributed by atoms with Crippen LogP contribution in [0.5, 0.6) is 5.75 Å². The molecule has 0 spiro atoms. The summed E-state index contributed by atoms with van der Waals surface area (Å²) in [5, 5.41) is 13.2. The van der Waals surface area contributed by atoms with E-state index in [1.807, 2.05) is 43.3 Å². The number of carbonyl (C=O) groups is 1. The first kappa shape index (κ1) is 24.2. The van der Waals surface area contributed by atoms with E-state index in [9.17, 15) is 9.59 Å². The van der Waals surface area contributed by atoms with Crippen molar-refractivity contribution in [3.05, 3.63) is 76.4 Å². The third-order valence-electron chi connectivity index (χ3n) is 7.08. The van der Waals surface area contributed by atoms with Crippen LogP contribution in [0.4, 0.5) is 11.6 Å². The van der Waals surface area contributed by atoms with E-state index in [-0.39, 0.29) is 23.6 Å². The minimum Gasteiger partial charge on any atom is -0.497 e. The van der Waals surface area contributed by atoms with Crippen molar-refractivity contribution in [3.63, 3.8) is 0 Å². The maximum atomic E-state index is 12.7. The summed E-state index contributed by atoms with van der Waals surface area (Å²) in [6, 6.07) is 16.9. The number of methoxy groups -OCH3 is 1. The SMILES string of the molecule is COc1ccc(Cn2c(=O)oc3cc(-c4cc5cc(NC(=O)[C@@H]6C[C@H]6C#N)ncc5c(N)n4)c(C)cc32)cc1. The maximum absolute atomic E-state index is 12.7. The second-order valence-electron chi connectivity index (χ2n) is 9.69. The molecule has 1 aliphatic rings. The zero-order valence-corrected chi connectivity index (χ0v) is 21.3. The summed E-state index contributed by atoms with van der Waals surface area (Å²) in [7, 11) is 1.61. The van der Waals surface area contributed by atoms with Gasteiger partial charge in [0, 0.05) is 17.1 Å². The minimum absolute atomic E-state index is 0.217. The van der Waals surface area contributed by atoms with Crippen LogP contribution in [0.1, 0.15) is 17.5 Å². The van der Waals surface area contributed by atoms with Gasteiger partial charge in [0.15, 0.2) is 5.58 Å². The Hall–Kier alpha value is -5.17. The van der Waals surface area contributed by atoms with Crippen molar-refractivity contribution in [2.75, 3.05) is 18.2 Å². The molecule has 2 aromatic carbocycles. The van der Waals surface area contributed by atoms with Crippen LogP contribution in [0.15, 0.2) is 63.9 Å².